The molecule has 146 valence electrons. The van der Waals surface area contributed by atoms with Gasteiger partial charge in [-0.2, -0.15) is 0 Å². The SMILES string of the molecule is C[C@@]1(C(=O)O)c2cc(C3(C(N)=O)CCC3)c(F)cc2C[C@@H]1CCCB(O)O. The van der Waals surface area contributed by atoms with Gasteiger partial charge in [0.15, 0.2) is 0 Å². The van der Waals surface area contributed by atoms with Gasteiger partial charge < -0.3 is 20.9 Å². The average molecular weight is 377 g/mol. The van der Waals surface area contributed by atoms with E-state index >= 15 is 0 Å². The third-order valence-electron chi connectivity index (χ3n) is 6.69. The van der Waals surface area contributed by atoms with E-state index in [1.165, 1.54) is 6.07 Å². The Morgan fingerprint density at radius 1 is 1.30 bits per heavy atom. The van der Waals surface area contributed by atoms with Crippen LogP contribution < -0.4 is 5.73 Å². The number of halogens is 1. The highest BCUT2D eigenvalue weighted by molar-refractivity contribution is 6.40. The number of hydrogen-bond acceptors (Lipinski definition) is 4. The van der Waals surface area contributed by atoms with Crippen molar-refractivity contribution in [2.75, 3.05) is 0 Å². The Labute approximate surface area is 157 Å². The number of primary amides is 1. The molecule has 0 heterocycles. The minimum absolute atomic E-state index is 0.160. The van der Waals surface area contributed by atoms with E-state index in [1.807, 2.05) is 0 Å². The first-order valence-electron chi connectivity index (χ1n) is 9.35. The third kappa shape index (κ3) is 3.04. The van der Waals surface area contributed by atoms with Gasteiger partial charge in [0, 0.05) is 5.56 Å². The van der Waals surface area contributed by atoms with Crippen LogP contribution in [0.25, 0.3) is 0 Å². The number of carboxylic acids is 1. The highest BCUT2D eigenvalue weighted by Crippen LogP contribution is 2.50. The lowest BCUT2D eigenvalue weighted by Gasteiger charge is -2.40. The fourth-order valence-electron chi connectivity index (χ4n) is 4.73. The Balaban J connectivity index is 2.01. The Bertz CT molecular complexity index is 780. The first-order chi connectivity index (χ1) is 12.6. The lowest BCUT2D eigenvalue weighted by atomic mass is 9.63. The number of benzene rings is 1. The number of carbonyl (C=O) groups excluding carboxylic acids is 1. The van der Waals surface area contributed by atoms with E-state index < -0.39 is 35.6 Å². The Morgan fingerprint density at radius 2 is 1.96 bits per heavy atom. The third-order valence-corrected chi connectivity index (χ3v) is 6.69. The maximum Gasteiger partial charge on any atom is 0.451 e. The van der Waals surface area contributed by atoms with Gasteiger partial charge in [-0.3, -0.25) is 9.59 Å². The minimum Gasteiger partial charge on any atom is -0.481 e. The van der Waals surface area contributed by atoms with Crippen LogP contribution in [0.1, 0.15) is 55.7 Å². The molecule has 8 heteroatoms. The lowest BCUT2D eigenvalue weighted by molar-refractivity contribution is -0.145. The van der Waals surface area contributed by atoms with E-state index in [4.69, 9.17) is 15.8 Å². The van der Waals surface area contributed by atoms with Gasteiger partial charge in [-0.05, 0) is 62.0 Å². The quantitative estimate of drug-likeness (QED) is 0.537. The van der Waals surface area contributed by atoms with Gasteiger partial charge in [-0.15, -0.1) is 0 Å². The fourth-order valence-corrected chi connectivity index (χ4v) is 4.73. The number of hydrogen-bond donors (Lipinski definition) is 4. The number of aliphatic carboxylic acids is 1. The molecule has 0 aromatic heterocycles. The van der Waals surface area contributed by atoms with Crippen LogP contribution in [0.5, 0.6) is 0 Å². The van der Waals surface area contributed by atoms with Crippen molar-refractivity contribution >= 4 is 19.0 Å². The van der Waals surface area contributed by atoms with Crippen molar-refractivity contribution in [2.24, 2.45) is 11.7 Å². The maximum absolute atomic E-state index is 14.8. The molecule has 2 atom stereocenters. The molecule has 27 heavy (non-hydrogen) atoms. The minimum atomic E-state index is -1.43. The molecule has 0 radical (unpaired) electrons. The Morgan fingerprint density at radius 3 is 2.44 bits per heavy atom. The zero-order valence-electron chi connectivity index (χ0n) is 15.4. The van der Waals surface area contributed by atoms with Crippen molar-refractivity contribution in [3.05, 3.63) is 34.6 Å². The summed E-state index contributed by atoms with van der Waals surface area (Å²) in [5, 5.41) is 28.0. The topological polar surface area (TPSA) is 121 Å². The summed E-state index contributed by atoms with van der Waals surface area (Å²) >= 11 is 0. The number of fused-ring (bicyclic) bond motifs is 1. The van der Waals surface area contributed by atoms with Gasteiger partial charge in [0.1, 0.15) is 5.82 Å². The van der Waals surface area contributed by atoms with Gasteiger partial charge >= 0.3 is 13.1 Å². The molecule has 0 aliphatic heterocycles. The van der Waals surface area contributed by atoms with Gasteiger partial charge in [-0.25, -0.2) is 4.39 Å². The molecule has 0 saturated heterocycles. The smallest absolute Gasteiger partial charge is 0.451 e. The summed E-state index contributed by atoms with van der Waals surface area (Å²) in [7, 11) is -1.43. The highest BCUT2D eigenvalue weighted by Gasteiger charge is 2.52. The predicted molar refractivity (Wildman–Crippen MR) is 97.5 cm³/mol. The number of nitrogens with two attached hydrogens (primary N) is 1. The van der Waals surface area contributed by atoms with Crippen molar-refractivity contribution in [1.82, 2.24) is 0 Å². The summed E-state index contributed by atoms with van der Waals surface area (Å²) in [5.74, 6) is -2.37. The second-order valence-corrected chi connectivity index (χ2v) is 8.11. The first kappa shape index (κ1) is 19.8. The summed E-state index contributed by atoms with van der Waals surface area (Å²) < 4.78 is 14.8. The first-order valence-corrected chi connectivity index (χ1v) is 9.35. The molecule has 1 aromatic rings. The van der Waals surface area contributed by atoms with Crippen molar-refractivity contribution < 1.29 is 29.1 Å². The number of carboxylic acid groups (broad SMARTS) is 1. The van der Waals surface area contributed by atoms with Gasteiger partial charge in [-0.1, -0.05) is 18.9 Å². The van der Waals surface area contributed by atoms with Crippen LogP contribution in [0.15, 0.2) is 12.1 Å². The van der Waals surface area contributed by atoms with E-state index in [-0.39, 0.29) is 17.8 Å². The van der Waals surface area contributed by atoms with Crippen molar-refractivity contribution in [1.29, 1.82) is 0 Å². The van der Waals surface area contributed by atoms with Crippen LogP contribution in [0, 0.1) is 11.7 Å². The number of amides is 1. The maximum atomic E-state index is 14.8. The Hall–Kier alpha value is -1.93. The normalized spacial score (nSPS) is 25.6. The van der Waals surface area contributed by atoms with E-state index in [1.54, 1.807) is 13.0 Å². The summed E-state index contributed by atoms with van der Waals surface area (Å²) in [5.41, 5.74) is 4.67. The standard InChI is InChI=1S/C19H25BFNO5/c1-18(17(24)25)12(4-2-7-20(26)27)8-11-9-15(21)14(10-13(11)18)19(16(22)23)5-3-6-19/h9-10,12,26-27H,2-8H2,1H3,(H2,22,23)(H,24,25)/t12-,18-/m0/s1. The number of carbonyl (C=O) groups is 2. The molecule has 6 nitrogen and oxygen atoms in total. The average Bonchev–Trinajstić information content (AvgIpc) is 2.79. The molecule has 5 N–H and O–H groups in total. The van der Waals surface area contributed by atoms with Crippen LogP contribution in [0.2, 0.25) is 6.32 Å². The molecule has 2 aliphatic carbocycles. The highest BCUT2D eigenvalue weighted by atomic mass is 19.1. The van der Waals surface area contributed by atoms with Crippen molar-refractivity contribution in [3.63, 3.8) is 0 Å². The molecule has 0 unspecified atom stereocenters. The zero-order chi connectivity index (χ0) is 20.0. The molecule has 0 bridgehead atoms. The summed E-state index contributed by atoms with van der Waals surface area (Å²) in [6, 6.07) is 2.90. The monoisotopic (exact) mass is 377 g/mol. The fraction of sp³-hybridized carbons (Fsp3) is 0.579. The second kappa shape index (κ2) is 6.91. The lowest BCUT2D eigenvalue weighted by Crippen LogP contribution is -2.47. The zero-order valence-corrected chi connectivity index (χ0v) is 15.4. The van der Waals surface area contributed by atoms with Gasteiger partial charge in [0.25, 0.3) is 0 Å². The predicted octanol–water partition coefficient (Wildman–Crippen LogP) is 1.50. The van der Waals surface area contributed by atoms with E-state index in [0.717, 1.165) is 6.42 Å². The van der Waals surface area contributed by atoms with Gasteiger partial charge in [0.05, 0.1) is 10.8 Å². The summed E-state index contributed by atoms with van der Waals surface area (Å²) in [6.07, 6.45) is 3.22. The van der Waals surface area contributed by atoms with Crippen LogP contribution >= 0.6 is 0 Å². The molecular formula is C19H25BFNO5. The van der Waals surface area contributed by atoms with Crippen LogP contribution in [-0.2, 0) is 26.8 Å². The second-order valence-electron chi connectivity index (χ2n) is 8.11. The number of rotatable bonds is 7. The summed E-state index contributed by atoms with van der Waals surface area (Å²) in [4.78, 5) is 24.2. The van der Waals surface area contributed by atoms with Crippen molar-refractivity contribution in [3.8, 4) is 0 Å². The van der Waals surface area contributed by atoms with Crippen LogP contribution in [0.3, 0.4) is 0 Å². The molecule has 1 saturated carbocycles. The molecule has 1 aromatic carbocycles. The van der Waals surface area contributed by atoms with Crippen LogP contribution in [-0.4, -0.2) is 34.1 Å². The molecule has 1 fully saturated rings. The molecule has 2 aliphatic rings. The van der Waals surface area contributed by atoms with Gasteiger partial charge in [0.2, 0.25) is 5.91 Å². The Kier molecular flexibility index (Phi) is 5.07. The van der Waals surface area contributed by atoms with E-state index in [2.05, 4.69) is 0 Å². The van der Waals surface area contributed by atoms with Crippen molar-refractivity contribution in [2.45, 2.75) is 62.6 Å². The van der Waals surface area contributed by atoms with Crippen LogP contribution in [0.4, 0.5) is 4.39 Å². The largest absolute Gasteiger partial charge is 0.481 e. The summed E-state index contributed by atoms with van der Waals surface area (Å²) in [6.45, 7) is 1.63. The molecular weight excluding hydrogens is 352 g/mol. The van der Waals surface area contributed by atoms with E-state index in [0.29, 0.717) is 43.2 Å². The van der Waals surface area contributed by atoms with E-state index in [9.17, 15) is 19.1 Å². The molecule has 1 amide bonds. The molecule has 0 spiro atoms. The molecule has 3 rings (SSSR count).